The second-order valence-corrected chi connectivity index (χ2v) is 13.9. The van der Waals surface area contributed by atoms with E-state index in [0.29, 0.717) is 6.42 Å². The smallest absolute Gasteiger partial charge is 0.213 e. The van der Waals surface area contributed by atoms with Gasteiger partial charge in [0.15, 0.2) is 12.7 Å². The summed E-state index contributed by atoms with van der Waals surface area (Å²) >= 11 is 1.79. The molecule has 3 aromatic rings. The molecule has 1 aliphatic heterocycles. The second kappa shape index (κ2) is 14.8. The van der Waals surface area contributed by atoms with Gasteiger partial charge in [0.1, 0.15) is 0 Å². The van der Waals surface area contributed by atoms with Crippen molar-refractivity contribution in [1.29, 1.82) is 0 Å². The Labute approximate surface area is 253 Å². The topological polar surface area (TPSA) is 157 Å². The molecule has 228 valence electrons. The zero-order valence-corrected chi connectivity index (χ0v) is 26.2. The summed E-state index contributed by atoms with van der Waals surface area (Å²) in [6.07, 6.45) is 10.8. The summed E-state index contributed by atoms with van der Waals surface area (Å²) in [5, 5.41) is 2.44. The van der Waals surface area contributed by atoms with Crippen LogP contribution in [0.3, 0.4) is 0 Å². The molecule has 0 saturated heterocycles. The van der Waals surface area contributed by atoms with Crippen LogP contribution in [0.25, 0.3) is 17.0 Å². The Hall–Kier alpha value is -2.52. The Kier molecular flexibility index (Phi) is 12.0. The van der Waals surface area contributed by atoms with E-state index >= 15 is 0 Å². The van der Waals surface area contributed by atoms with Gasteiger partial charge in [-0.05, 0) is 42.7 Å². The third-order valence-corrected chi connectivity index (χ3v) is 8.79. The van der Waals surface area contributed by atoms with Crippen LogP contribution in [0.1, 0.15) is 24.8 Å². The van der Waals surface area contributed by atoms with Crippen LogP contribution in [0, 0.1) is 10.2 Å². The van der Waals surface area contributed by atoms with Crippen LogP contribution >= 0.6 is 11.8 Å². The number of pyridine rings is 1. The van der Waals surface area contributed by atoms with Crippen molar-refractivity contribution in [3.8, 4) is 0 Å². The molecule has 0 fully saturated rings. The molecular weight excluding hydrogens is 602 g/mol. The Morgan fingerprint density at radius 1 is 0.952 bits per heavy atom. The van der Waals surface area contributed by atoms with Gasteiger partial charge in [0, 0.05) is 29.8 Å². The molecule has 4 rings (SSSR count). The number of para-hydroxylation sites is 2. The number of fused-ring (bicyclic) bond motifs is 2. The van der Waals surface area contributed by atoms with Crippen LogP contribution in [0.5, 0.6) is 0 Å². The number of rotatable bonds is 11. The van der Waals surface area contributed by atoms with Crippen molar-refractivity contribution in [1.82, 2.24) is 0 Å². The summed E-state index contributed by atoms with van der Waals surface area (Å²) in [4.78, 5) is 3.51. The van der Waals surface area contributed by atoms with Crippen molar-refractivity contribution in [2.75, 3.05) is 44.9 Å². The number of halogens is 1. The molecule has 0 aliphatic carbocycles. The second-order valence-electron chi connectivity index (χ2n) is 10.6. The highest BCUT2D eigenvalue weighted by atomic mass is 35.7. The van der Waals surface area contributed by atoms with Crippen molar-refractivity contribution in [2.24, 2.45) is 0 Å². The van der Waals surface area contributed by atoms with Gasteiger partial charge in [-0.3, -0.25) is 0 Å². The number of aromatic nitrogens is 1. The zero-order valence-electron chi connectivity index (χ0n) is 23.8. The van der Waals surface area contributed by atoms with Crippen LogP contribution in [-0.4, -0.2) is 57.4 Å². The highest BCUT2D eigenvalue weighted by molar-refractivity contribution is 8.03. The average Bonchev–Trinajstić information content (AvgIpc) is 3.21. The first-order valence-corrected chi connectivity index (χ1v) is 16.9. The molecule has 2 heterocycles. The summed E-state index contributed by atoms with van der Waals surface area (Å²) in [6, 6.07) is 19.2. The number of benzene rings is 2. The van der Waals surface area contributed by atoms with Crippen LogP contribution in [0.2, 0.25) is 0 Å². The monoisotopic (exact) mass is 637 g/mol. The van der Waals surface area contributed by atoms with Crippen LogP contribution in [0.15, 0.2) is 82.9 Å². The molecule has 0 spiro atoms. The van der Waals surface area contributed by atoms with Gasteiger partial charge in [-0.1, -0.05) is 48.2 Å². The van der Waals surface area contributed by atoms with Gasteiger partial charge in [-0.25, -0.2) is 27.1 Å². The summed E-state index contributed by atoms with van der Waals surface area (Å²) in [5.74, 6) is -0.268. The van der Waals surface area contributed by atoms with Gasteiger partial charge in [0.05, 0.1) is 59.8 Å². The summed E-state index contributed by atoms with van der Waals surface area (Å²) in [6.45, 7) is 2.75. The van der Waals surface area contributed by atoms with Gasteiger partial charge in [0.25, 0.3) is 0 Å². The van der Waals surface area contributed by atoms with Crippen LogP contribution < -0.4 is 28.1 Å². The number of allylic oxidation sites excluding steroid dienone is 2. The van der Waals surface area contributed by atoms with Crippen LogP contribution in [0.4, 0.5) is 5.69 Å². The minimum Gasteiger partial charge on any atom is -0.748 e. The Morgan fingerprint density at radius 2 is 1.60 bits per heavy atom. The first kappa shape index (κ1) is 34.0. The Morgan fingerprint density at radius 3 is 2.29 bits per heavy atom. The minimum atomic E-state index is -4.94. The molecule has 0 saturated carbocycles. The molecule has 0 radical (unpaired) electrons. The Bertz CT molecular complexity index is 1520. The molecule has 0 unspecified atom stereocenters. The molecular formula is C29H36ClN3O7S2. The van der Waals surface area contributed by atoms with Gasteiger partial charge >= 0.3 is 0 Å². The molecule has 2 aromatic carbocycles. The highest BCUT2D eigenvalue weighted by Crippen LogP contribution is 2.44. The van der Waals surface area contributed by atoms with Crippen molar-refractivity contribution in [2.45, 2.75) is 30.7 Å². The predicted molar refractivity (Wildman–Crippen MR) is 152 cm³/mol. The summed E-state index contributed by atoms with van der Waals surface area (Å²) < 4.78 is 69.5. The lowest BCUT2D eigenvalue weighted by atomic mass is 10.1. The number of nitrogens with zero attached hydrogens (tertiary/aromatic N) is 3. The number of anilines is 1. The third-order valence-electron chi connectivity index (χ3n) is 6.82. The van der Waals surface area contributed by atoms with E-state index in [-0.39, 0.29) is 5.75 Å². The van der Waals surface area contributed by atoms with Gasteiger partial charge in [-0.15, -0.1) is 10.2 Å². The molecule has 0 N–H and O–H groups in total. The number of unbranched alkanes of at least 4 members (excludes halogenated alkanes) is 1. The van der Waals surface area contributed by atoms with Crippen molar-refractivity contribution < 1.29 is 50.9 Å². The van der Waals surface area contributed by atoms with E-state index in [1.807, 2.05) is 0 Å². The quantitative estimate of drug-likeness (QED) is 0.124. The number of hydrogen-bond acceptors (Lipinski definition) is 9. The number of thioether (sulfide) groups is 1. The number of hydrogen-bond donors (Lipinski definition) is 0. The highest BCUT2D eigenvalue weighted by Gasteiger charge is 2.20. The predicted octanol–water partition coefficient (Wildman–Crippen LogP) is 0.260. The fraction of sp³-hybridized carbons (Fsp3) is 0.345. The van der Waals surface area contributed by atoms with E-state index in [0.717, 1.165) is 37.0 Å². The van der Waals surface area contributed by atoms with E-state index in [1.54, 1.807) is 11.8 Å². The van der Waals surface area contributed by atoms with Gasteiger partial charge < -0.3 is 13.9 Å². The van der Waals surface area contributed by atoms with Crippen molar-refractivity contribution in [3.05, 3.63) is 83.5 Å². The SMILES string of the molecule is CN1C(=CC=Cc2cc[n+](CCC[N+](C)(C)CCCCS(=O)(=O)[O-])c3ccccc23)Sc2ccccc21.[O-][Cl+3]([O-])([O-])[O-]. The first-order valence-electron chi connectivity index (χ1n) is 13.3. The molecule has 0 bridgehead atoms. The maximum atomic E-state index is 10.8. The third kappa shape index (κ3) is 11.3. The van der Waals surface area contributed by atoms with E-state index in [4.69, 9.17) is 18.6 Å². The molecule has 1 aromatic heterocycles. The average molecular weight is 638 g/mol. The lowest BCUT2D eigenvalue weighted by Crippen LogP contribution is -2.68. The zero-order chi connectivity index (χ0) is 31.0. The van der Waals surface area contributed by atoms with E-state index in [2.05, 4.69) is 110 Å². The molecule has 13 heteroatoms. The fourth-order valence-electron chi connectivity index (χ4n) is 4.75. The molecule has 0 amide bonds. The minimum absolute atomic E-state index is 0.268. The van der Waals surface area contributed by atoms with E-state index in [1.165, 1.54) is 32.1 Å². The van der Waals surface area contributed by atoms with Gasteiger partial charge in [-0.2, -0.15) is 4.57 Å². The fourth-order valence-corrected chi connectivity index (χ4v) is 6.37. The van der Waals surface area contributed by atoms with Crippen LogP contribution in [-0.2, 0) is 16.7 Å². The standard InChI is InChI=1S/C29H36N3O3S2.ClHO4/c1-30-27-15-6-7-16-28(27)36-29(30)17-10-12-24-18-20-31(26-14-5-4-13-25(24)26)19-11-22-32(2,3)21-8-9-23-37(33,34)35;2-1(3,4)5/h4-7,10,12-18,20H,8-9,11,19,21-23H2,1-3H3;(H,2,3,4,5)/q+1;/p-1. The summed E-state index contributed by atoms with van der Waals surface area (Å²) in [7, 11) is -2.63. The van der Waals surface area contributed by atoms with Gasteiger partial charge in [0.2, 0.25) is 5.52 Å². The molecule has 42 heavy (non-hydrogen) atoms. The maximum absolute atomic E-state index is 10.8. The van der Waals surface area contributed by atoms with E-state index < -0.39 is 20.4 Å². The normalized spacial score (nSPS) is 14.9. The lowest BCUT2D eigenvalue weighted by molar-refractivity contribution is -2.00. The molecule has 1 aliphatic rings. The van der Waals surface area contributed by atoms with Crippen molar-refractivity contribution >= 4 is 44.5 Å². The maximum Gasteiger partial charge on any atom is 0.213 e. The lowest BCUT2D eigenvalue weighted by Gasteiger charge is -2.29. The number of aryl methyl sites for hydroxylation is 1. The van der Waals surface area contributed by atoms with E-state index in [9.17, 15) is 13.0 Å². The molecule has 0 atom stereocenters. The summed E-state index contributed by atoms with van der Waals surface area (Å²) in [5.41, 5.74) is 3.65. The van der Waals surface area contributed by atoms with Crippen molar-refractivity contribution in [3.63, 3.8) is 0 Å². The number of quaternary nitrogens is 1. The molecule has 10 nitrogen and oxygen atoms in total. The Balaban J connectivity index is 0.000000892. The first-order chi connectivity index (χ1) is 19.6. The largest absolute Gasteiger partial charge is 0.748 e.